The highest BCUT2D eigenvalue weighted by atomic mass is 32.3. The van der Waals surface area contributed by atoms with Crippen molar-refractivity contribution in [3.05, 3.63) is 59.2 Å². The Bertz CT molecular complexity index is 1060. The lowest BCUT2D eigenvalue weighted by atomic mass is 9.86. The highest BCUT2D eigenvalue weighted by molar-refractivity contribution is 8.24. The van der Waals surface area contributed by atoms with E-state index in [1.807, 2.05) is 37.3 Å². The fraction of sp³-hybridized carbons (Fsp3) is 0.481. The number of unbranched alkanes of at least 4 members (excludes halogenated alkanes) is 1. The number of nitrogens with one attached hydrogen (secondary N) is 1. The predicted octanol–water partition coefficient (Wildman–Crippen LogP) is 5.87. The molecular formula is C27H37NO7S. The maximum atomic E-state index is 11.6. The summed E-state index contributed by atoms with van der Waals surface area (Å²) in [5.41, 5.74) is 1.40. The van der Waals surface area contributed by atoms with Gasteiger partial charge in [0.2, 0.25) is 0 Å². The fourth-order valence-corrected chi connectivity index (χ4v) is 7.37. The first-order valence-electron chi connectivity index (χ1n) is 12.3. The molecule has 36 heavy (non-hydrogen) atoms. The molecule has 1 aliphatic rings. The van der Waals surface area contributed by atoms with Gasteiger partial charge < -0.3 is 14.9 Å². The van der Waals surface area contributed by atoms with Crippen molar-refractivity contribution >= 4 is 22.5 Å². The molecule has 0 aliphatic carbocycles. The van der Waals surface area contributed by atoms with Gasteiger partial charge in [-0.2, -0.15) is 10.6 Å². The zero-order valence-electron chi connectivity index (χ0n) is 21.1. The topological polar surface area (TPSA) is 136 Å². The molecule has 0 saturated carbocycles. The van der Waals surface area contributed by atoms with Crippen molar-refractivity contribution < 1.29 is 33.6 Å². The van der Waals surface area contributed by atoms with Gasteiger partial charge in [-0.3, -0.25) is 24.0 Å². The third-order valence-electron chi connectivity index (χ3n) is 7.05. The summed E-state index contributed by atoms with van der Waals surface area (Å²) in [7, 11) is -1.87. The van der Waals surface area contributed by atoms with Gasteiger partial charge in [-0.25, -0.2) is 0 Å². The molecule has 1 heterocycles. The normalized spacial score (nSPS) is 21.9. The number of benzene rings is 2. The van der Waals surface area contributed by atoms with Crippen LogP contribution in [0.1, 0.15) is 81.0 Å². The minimum Gasteiger partial charge on any atom is -0.496 e. The molecule has 0 fully saturated rings. The first kappa shape index (κ1) is 28.0. The Labute approximate surface area is 214 Å². The number of carboxylic acid groups (broad SMARTS) is 2. The number of hydrogen-bond donors (Lipinski definition) is 5. The molecule has 5 N–H and O–H groups in total. The van der Waals surface area contributed by atoms with E-state index in [2.05, 4.69) is 12.2 Å². The molecule has 2 aromatic rings. The van der Waals surface area contributed by atoms with E-state index in [1.54, 1.807) is 12.1 Å². The van der Waals surface area contributed by atoms with E-state index in [-0.39, 0.29) is 11.8 Å². The summed E-state index contributed by atoms with van der Waals surface area (Å²) in [6, 6.07) is 12.7. The van der Waals surface area contributed by atoms with Crippen molar-refractivity contribution in [3.8, 4) is 5.75 Å². The van der Waals surface area contributed by atoms with Gasteiger partial charge in [0.05, 0.1) is 36.6 Å². The summed E-state index contributed by atoms with van der Waals surface area (Å²) in [4.78, 5) is 23.4. The van der Waals surface area contributed by atoms with E-state index in [1.165, 1.54) is 7.11 Å². The van der Waals surface area contributed by atoms with Gasteiger partial charge in [-0.15, -0.1) is 0 Å². The van der Waals surface area contributed by atoms with Crippen LogP contribution in [-0.2, 0) is 9.59 Å². The zero-order valence-corrected chi connectivity index (χ0v) is 21.9. The van der Waals surface area contributed by atoms with E-state index in [9.17, 15) is 28.9 Å². The monoisotopic (exact) mass is 519 g/mol. The molecule has 9 heteroatoms. The number of methoxy groups -OCH3 is 1. The number of hydrogen-bond acceptors (Lipinski definition) is 6. The van der Waals surface area contributed by atoms with E-state index >= 15 is 0 Å². The lowest BCUT2D eigenvalue weighted by Gasteiger charge is -2.42. The second-order valence-electron chi connectivity index (χ2n) is 9.56. The molecule has 0 saturated heterocycles. The lowest BCUT2D eigenvalue weighted by Crippen LogP contribution is -2.49. The Kier molecular flexibility index (Phi) is 9.05. The number of carbonyl (C=O) groups is 2. The molecule has 0 spiro atoms. The second-order valence-corrected chi connectivity index (χ2v) is 11.6. The van der Waals surface area contributed by atoms with Gasteiger partial charge in [0.15, 0.2) is 0 Å². The maximum Gasteiger partial charge on any atom is 0.303 e. The average Bonchev–Trinajstić information content (AvgIpc) is 2.93. The smallest absolute Gasteiger partial charge is 0.303 e. The first-order valence-corrected chi connectivity index (χ1v) is 14.0. The molecule has 2 aromatic carbocycles. The van der Waals surface area contributed by atoms with Crippen molar-refractivity contribution in [2.75, 3.05) is 12.9 Å². The SMILES string of the molecule is CCCC[C@]1(CC)CS(O)(O)c2cc(C(CC(=O)O)CC(=O)O)c(OC)cc2[C@@H](c2ccccc2)N1. The fourth-order valence-electron chi connectivity index (χ4n) is 5.15. The Morgan fingerprint density at radius 2 is 1.75 bits per heavy atom. The molecule has 198 valence electrons. The van der Waals surface area contributed by atoms with E-state index in [0.29, 0.717) is 28.2 Å². The molecular weight excluding hydrogens is 482 g/mol. The molecule has 0 bridgehead atoms. The van der Waals surface area contributed by atoms with Crippen LogP contribution >= 0.6 is 10.6 Å². The molecule has 1 aliphatic heterocycles. The zero-order chi connectivity index (χ0) is 26.5. The van der Waals surface area contributed by atoms with Gasteiger partial charge >= 0.3 is 11.9 Å². The first-order chi connectivity index (χ1) is 17.1. The van der Waals surface area contributed by atoms with Gasteiger partial charge in [-0.1, -0.05) is 57.0 Å². The molecule has 0 radical (unpaired) electrons. The molecule has 8 nitrogen and oxygen atoms in total. The number of rotatable bonds is 11. The largest absolute Gasteiger partial charge is 0.496 e. The quantitative estimate of drug-likeness (QED) is 0.249. The summed E-state index contributed by atoms with van der Waals surface area (Å²) in [5, 5.41) is 22.7. The third kappa shape index (κ3) is 6.21. The third-order valence-corrected chi connectivity index (χ3v) is 9.07. The van der Waals surface area contributed by atoms with Gasteiger partial charge in [0.1, 0.15) is 5.75 Å². The Hall–Kier alpha value is -2.59. The van der Waals surface area contributed by atoms with Crippen LogP contribution in [0.5, 0.6) is 5.75 Å². The summed E-state index contributed by atoms with van der Waals surface area (Å²) in [5.74, 6) is -2.73. The van der Waals surface area contributed by atoms with Crippen molar-refractivity contribution in [3.63, 3.8) is 0 Å². The summed E-state index contributed by atoms with van der Waals surface area (Å²) in [6.07, 6.45) is 2.49. The van der Waals surface area contributed by atoms with Crippen LogP contribution in [-0.4, -0.2) is 49.7 Å². The molecule has 2 atom stereocenters. The van der Waals surface area contributed by atoms with E-state index in [0.717, 1.165) is 24.8 Å². The Morgan fingerprint density at radius 3 is 2.28 bits per heavy atom. The number of carboxylic acids is 2. The second kappa shape index (κ2) is 11.6. The van der Waals surface area contributed by atoms with Crippen LogP contribution in [0.2, 0.25) is 0 Å². The minimum absolute atomic E-state index is 0.112. The van der Waals surface area contributed by atoms with Crippen molar-refractivity contribution in [2.45, 2.75) is 74.8 Å². The van der Waals surface area contributed by atoms with Crippen molar-refractivity contribution in [2.24, 2.45) is 0 Å². The van der Waals surface area contributed by atoms with Crippen LogP contribution in [0.3, 0.4) is 0 Å². The van der Waals surface area contributed by atoms with Crippen LogP contribution < -0.4 is 10.1 Å². The average molecular weight is 520 g/mol. The highest BCUT2D eigenvalue weighted by Gasteiger charge is 2.42. The Morgan fingerprint density at radius 1 is 1.11 bits per heavy atom. The van der Waals surface area contributed by atoms with Gasteiger partial charge in [0.25, 0.3) is 0 Å². The summed E-state index contributed by atoms with van der Waals surface area (Å²) in [6.45, 7) is 4.14. The Balaban J connectivity index is 2.28. The van der Waals surface area contributed by atoms with Crippen LogP contribution in [0.15, 0.2) is 47.4 Å². The van der Waals surface area contributed by atoms with Crippen LogP contribution in [0, 0.1) is 0 Å². The van der Waals surface area contributed by atoms with Crippen LogP contribution in [0.4, 0.5) is 0 Å². The number of aliphatic carboxylic acids is 2. The van der Waals surface area contributed by atoms with Crippen LogP contribution in [0.25, 0.3) is 0 Å². The van der Waals surface area contributed by atoms with Gasteiger partial charge in [-0.05, 0) is 30.5 Å². The standard InChI is InChI=1S/C27H37NO7S/c1-4-6-12-27(5-2)17-36(33,34)23-16-20(19(13-24(29)30)14-25(31)32)22(35-3)15-21(23)26(28-27)18-10-8-7-9-11-18/h7-11,15-16,19,26,28,33-34H,4-6,12-14,17H2,1-3H3,(H,29,30)(H,31,32)/t26-,27-/m1/s1. The molecule has 3 rings (SSSR count). The van der Waals surface area contributed by atoms with E-state index in [4.69, 9.17) is 4.74 Å². The lowest BCUT2D eigenvalue weighted by molar-refractivity contribution is -0.139. The van der Waals surface area contributed by atoms with Crippen molar-refractivity contribution in [1.82, 2.24) is 5.32 Å². The molecule has 0 amide bonds. The maximum absolute atomic E-state index is 11.6. The van der Waals surface area contributed by atoms with E-state index < -0.39 is 46.8 Å². The van der Waals surface area contributed by atoms with Crippen molar-refractivity contribution in [1.29, 1.82) is 0 Å². The predicted molar refractivity (Wildman–Crippen MR) is 140 cm³/mol. The summed E-state index contributed by atoms with van der Waals surface area (Å²) < 4.78 is 28.8. The number of fused-ring (bicyclic) bond motifs is 1. The molecule has 0 unspecified atom stereocenters. The van der Waals surface area contributed by atoms with Gasteiger partial charge in [0, 0.05) is 22.6 Å². The minimum atomic E-state index is -3.32. The highest BCUT2D eigenvalue weighted by Crippen LogP contribution is 2.58. The number of ether oxygens (including phenoxy) is 1. The summed E-state index contributed by atoms with van der Waals surface area (Å²) >= 11 is 0. The molecule has 0 aromatic heterocycles.